The maximum absolute atomic E-state index is 13.6. The van der Waals surface area contributed by atoms with Crippen molar-refractivity contribution >= 4 is 17.4 Å². The molecule has 0 unspecified atom stereocenters. The van der Waals surface area contributed by atoms with Crippen LogP contribution < -0.4 is 4.74 Å². The Kier molecular flexibility index (Phi) is 4.53. The predicted octanol–water partition coefficient (Wildman–Crippen LogP) is 4.19. The van der Waals surface area contributed by atoms with Crippen LogP contribution in [-0.2, 0) is 6.42 Å². The third-order valence-corrected chi connectivity index (χ3v) is 3.18. The van der Waals surface area contributed by atoms with Gasteiger partial charge < -0.3 is 4.74 Å². The molecule has 0 radical (unpaired) electrons. The lowest BCUT2D eigenvalue weighted by molar-refractivity contribution is 0.0988. The van der Waals surface area contributed by atoms with Gasteiger partial charge in [-0.1, -0.05) is 17.7 Å². The van der Waals surface area contributed by atoms with Crippen LogP contribution in [0.5, 0.6) is 5.75 Å². The van der Waals surface area contributed by atoms with Crippen molar-refractivity contribution in [2.24, 2.45) is 0 Å². The van der Waals surface area contributed by atoms with E-state index in [9.17, 15) is 18.0 Å². The highest BCUT2D eigenvalue weighted by atomic mass is 35.5. The lowest BCUT2D eigenvalue weighted by Crippen LogP contribution is -2.07. The molecule has 0 atom stereocenters. The second-order valence-corrected chi connectivity index (χ2v) is 4.72. The maximum Gasteiger partial charge on any atom is 0.170 e. The SMILES string of the molecule is COc1ccc(CC(=O)c2cc(F)c(Cl)cc2F)cc1F. The number of rotatable bonds is 4. The number of ketones is 1. The first-order valence-corrected chi connectivity index (χ1v) is 6.30. The highest BCUT2D eigenvalue weighted by Crippen LogP contribution is 2.22. The van der Waals surface area contributed by atoms with Gasteiger partial charge in [0.1, 0.15) is 11.6 Å². The summed E-state index contributed by atoms with van der Waals surface area (Å²) in [6, 6.07) is 5.42. The molecule has 0 N–H and O–H groups in total. The van der Waals surface area contributed by atoms with Gasteiger partial charge in [-0.25, -0.2) is 13.2 Å². The first-order chi connectivity index (χ1) is 9.92. The molecule has 2 nitrogen and oxygen atoms in total. The fourth-order valence-electron chi connectivity index (χ4n) is 1.84. The minimum atomic E-state index is -0.916. The predicted molar refractivity (Wildman–Crippen MR) is 72.4 cm³/mol. The minimum absolute atomic E-state index is 0.0370. The molecule has 2 rings (SSSR count). The van der Waals surface area contributed by atoms with Gasteiger partial charge in [-0.15, -0.1) is 0 Å². The molecule has 0 fully saturated rings. The largest absolute Gasteiger partial charge is 0.494 e. The third kappa shape index (κ3) is 3.36. The van der Waals surface area contributed by atoms with Crippen molar-refractivity contribution in [1.29, 1.82) is 0 Å². The monoisotopic (exact) mass is 314 g/mol. The van der Waals surface area contributed by atoms with E-state index in [2.05, 4.69) is 0 Å². The average Bonchev–Trinajstić information content (AvgIpc) is 2.43. The highest BCUT2D eigenvalue weighted by molar-refractivity contribution is 6.30. The smallest absolute Gasteiger partial charge is 0.170 e. The molecule has 110 valence electrons. The Balaban J connectivity index is 2.26. The average molecular weight is 315 g/mol. The van der Waals surface area contributed by atoms with Crippen LogP contribution in [0.4, 0.5) is 13.2 Å². The molecule has 0 bridgehead atoms. The third-order valence-electron chi connectivity index (χ3n) is 2.89. The van der Waals surface area contributed by atoms with E-state index in [1.165, 1.54) is 19.2 Å². The number of Topliss-reactive ketones (excluding diaryl/α,β-unsaturated/α-hetero) is 1. The van der Waals surface area contributed by atoms with E-state index in [0.29, 0.717) is 5.56 Å². The van der Waals surface area contributed by atoms with E-state index < -0.39 is 33.8 Å². The fraction of sp³-hybridized carbons (Fsp3) is 0.133. The number of carbonyl (C=O) groups is 1. The summed E-state index contributed by atoms with van der Waals surface area (Å²) < 4.78 is 45.2. The van der Waals surface area contributed by atoms with E-state index in [0.717, 1.165) is 18.2 Å². The molecule has 0 aromatic heterocycles. The number of halogens is 4. The summed E-state index contributed by atoms with van der Waals surface area (Å²) in [5.74, 6) is -3.07. The van der Waals surface area contributed by atoms with E-state index in [-0.39, 0.29) is 12.2 Å². The van der Waals surface area contributed by atoms with Crippen molar-refractivity contribution in [2.75, 3.05) is 7.11 Å². The van der Waals surface area contributed by atoms with Crippen molar-refractivity contribution in [3.8, 4) is 5.75 Å². The normalized spacial score (nSPS) is 10.5. The molecule has 0 aliphatic rings. The van der Waals surface area contributed by atoms with Gasteiger partial charge in [-0.2, -0.15) is 0 Å². The van der Waals surface area contributed by atoms with E-state index in [1.54, 1.807) is 0 Å². The van der Waals surface area contributed by atoms with Crippen molar-refractivity contribution < 1.29 is 22.7 Å². The van der Waals surface area contributed by atoms with Crippen LogP contribution >= 0.6 is 11.6 Å². The molecule has 6 heteroatoms. The maximum atomic E-state index is 13.6. The molecule has 0 aliphatic heterocycles. The van der Waals surface area contributed by atoms with Gasteiger partial charge >= 0.3 is 0 Å². The first-order valence-electron chi connectivity index (χ1n) is 5.92. The fourth-order valence-corrected chi connectivity index (χ4v) is 1.99. The van der Waals surface area contributed by atoms with Gasteiger partial charge in [-0.3, -0.25) is 4.79 Å². The number of hydrogen-bond donors (Lipinski definition) is 0. The van der Waals surface area contributed by atoms with Crippen LogP contribution in [0, 0.1) is 17.5 Å². The van der Waals surface area contributed by atoms with Crippen molar-refractivity contribution in [2.45, 2.75) is 6.42 Å². The van der Waals surface area contributed by atoms with Crippen LogP contribution in [0.1, 0.15) is 15.9 Å². The standard InChI is InChI=1S/C15H10ClF3O2/c1-21-15-3-2-8(4-13(15)19)5-14(20)9-6-12(18)10(16)7-11(9)17/h2-4,6-7H,5H2,1H3. The summed E-state index contributed by atoms with van der Waals surface area (Å²) in [6.45, 7) is 0. The molecule has 21 heavy (non-hydrogen) atoms. The van der Waals surface area contributed by atoms with E-state index in [4.69, 9.17) is 16.3 Å². The van der Waals surface area contributed by atoms with Crippen LogP contribution in [0.3, 0.4) is 0 Å². The number of methoxy groups -OCH3 is 1. The Bertz CT molecular complexity index is 702. The molecule has 0 saturated heterocycles. The zero-order valence-corrected chi connectivity index (χ0v) is 11.7. The molecule has 0 aliphatic carbocycles. The van der Waals surface area contributed by atoms with Gasteiger partial charge in [0.2, 0.25) is 0 Å². The lowest BCUT2D eigenvalue weighted by atomic mass is 10.0. The molecule has 2 aromatic rings. The Morgan fingerprint density at radius 3 is 2.43 bits per heavy atom. The van der Waals surface area contributed by atoms with Crippen molar-refractivity contribution in [1.82, 2.24) is 0 Å². The topological polar surface area (TPSA) is 26.3 Å². The van der Waals surface area contributed by atoms with Crippen LogP contribution in [0.15, 0.2) is 30.3 Å². The Labute approximate surface area is 124 Å². The Morgan fingerprint density at radius 1 is 1.10 bits per heavy atom. The summed E-state index contributed by atoms with van der Waals surface area (Å²) in [6.07, 6.45) is -0.265. The molecule has 0 heterocycles. The summed E-state index contributed by atoms with van der Waals surface area (Å²) in [7, 11) is 1.31. The van der Waals surface area contributed by atoms with Crippen LogP contribution in [0.25, 0.3) is 0 Å². The number of benzene rings is 2. The zero-order valence-electron chi connectivity index (χ0n) is 10.9. The first kappa shape index (κ1) is 15.4. The lowest BCUT2D eigenvalue weighted by Gasteiger charge is -2.06. The van der Waals surface area contributed by atoms with Gasteiger partial charge in [-0.05, 0) is 29.8 Å². The molecular weight excluding hydrogens is 305 g/mol. The quantitative estimate of drug-likeness (QED) is 0.625. The molecular formula is C15H10ClF3O2. The molecule has 0 saturated carbocycles. The van der Waals surface area contributed by atoms with Crippen molar-refractivity contribution in [3.05, 3.63) is 63.9 Å². The van der Waals surface area contributed by atoms with Crippen LogP contribution in [0.2, 0.25) is 5.02 Å². The second kappa shape index (κ2) is 6.18. The van der Waals surface area contributed by atoms with Gasteiger partial charge in [0.15, 0.2) is 17.3 Å². The van der Waals surface area contributed by atoms with Gasteiger partial charge in [0, 0.05) is 6.42 Å². The highest BCUT2D eigenvalue weighted by Gasteiger charge is 2.16. The number of ether oxygens (including phenoxy) is 1. The van der Waals surface area contributed by atoms with Gasteiger partial charge in [0.05, 0.1) is 17.7 Å². The summed E-state index contributed by atoms with van der Waals surface area (Å²) >= 11 is 5.42. The molecule has 0 amide bonds. The van der Waals surface area contributed by atoms with E-state index >= 15 is 0 Å². The number of carbonyl (C=O) groups excluding carboxylic acids is 1. The molecule has 2 aromatic carbocycles. The Morgan fingerprint density at radius 2 is 1.81 bits per heavy atom. The molecule has 0 spiro atoms. The second-order valence-electron chi connectivity index (χ2n) is 4.32. The number of hydrogen-bond acceptors (Lipinski definition) is 2. The summed E-state index contributed by atoms with van der Waals surface area (Å²) in [5, 5.41) is -0.403. The zero-order chi connectivity index (χ0) is 15.6. The summed E-state index contributed by atoms with van der Waals surface area (Å²) in [5.41, 5.74) is -0.0961. The van der Waals surface area contributed by atoms with Crippen LogP contribution in [-0.4, -0.2) is 12.9 Å². The Hall–Kier alpha value is -2.01. The van der Waals surface area contributed by atoms with Crippen molar-refractivity contribution in [3.63, 3.8) is 0 Å². The summed E-state index contributed by atoms with van der Waals surface area (Å²) in [4.78, 5) is 12.0. The van der Waals surface area contributed by atoms with E-state index in [1.807, 2.05) is 0 Å². The van der Waals surface area contributed by atoms with Gasteiger partial charge in [0.25, 0.3) is 0 Å². The minimum Gasteiger partial charge on any atom is -0.494 e.